The van der Waals surface area contributed by atoms with Crippen LogP contribution in [0.4, 0.5) is 5.69 Å². The Bertz CT molecular complexity index is 418. The molecule has 1 aromatic rings. The number of nitrogens with zero attached hydrogens (tertiary/aromatic N) is 3. The second kappa shape index (κ2) is 5.35. The first-order valence-corrected chi connectivity index (χ1v) is 6.24. The van der Waals surface area contributed by atoms with E-state index in [1.165, 1.54) is 0 Å². The summed E-state index contributed by atoms with van der Waals surface area (Å²) in [6.07, 6.45) is 1.85. The Hall–Kier alpha value is -1.62. The largest absolute Gasteiger partial charge is 0.359 e. The fraction of sp³-hybridized carbons (Fsp3) is 0.538. The van der Waals surface area contributed by atoms with Crippen LogP contribution in [0.15, 0.2) is 18.3 Å². The average Bonchev–Trinajstić information content (AvgIpc) is 2.41. The van der Waals surface area contributed by atoms with E-state index in [4.69, 9.17) is 0 Å². The van der Waals surface area contributed by atoms with Crippen LogP contribution in [0.3, 0.4) is 0 Å². The normalized spacial score (nSPS) is 18.1. The molecule has 0 saturated carbocycles. The first kappa shape index (κ1) is 12.8. The highest BCUT2D eigenvalue weighted by molar-refractivity contribution is 5.82. The zero-order valence-corrected chi connectivity index (χ0v) is 11.2. The molecule has 0 spiro atoms. The maximum absolute atomic E-state index is 11.7. The number of nitrogens with one attached hydrogen (secondary N) is 1. The molecule has 2 heterocycles. The molecule has 1 amide bonds. The predicted molar refractivity (Wildman–Crippen MR) is 71.6 cm³/mol. The van der Waals surface area contributed by atoms with E-state index in [0.717, 1.165) is 24.5 Å². The van der Waals surface area contributed by atoms with Crippen molar-refractivity contribution in [2.45, 2.75) is 13.0 Å². The molecule has 1 aliphatic heterocycles. The summed E-state index contributed by atoms with van der Waals surface area (Å²) in [6.45, 7) is 4.15. The Morgan fingerprint density at radius 2 is 2.17 bits per heavy atom. The van der Waals surface area contributed by atoms with Gasteiger partial charge in [-0.15, -0.1) is 0 Å². The highest BCUT2D eigenvalue weighted by atomic mass is 16.2. The van der Waals surface area contributed by atoms with Gasteiger partial charge in [0.15, 0.2) is 0 Å². The molecule has 1 N–H and O–H groups in total. The van der Waals surface area contributed by atoms with Crippen molar-refractivity contribution in [1.29, 1.82) is 0 Å². The summed E-state index contributed by atoms with van der Waals surface area (Å²) in [5, 5.41) is 3.16. The van der Waals surface area contributed by atoms with Crippen LogP contribution in [0.1, 0.15) is 18.7 Å². The molecular weight excluding hydrogens is 228 g/mol. The number of hydrogen-bond donors (Lipinski definition) is 1. The number of piperazine rings is 1. The number of aromatic nitrogens is 1. The van der Waals surface area contributed by atoms with Gasteiger partial charge in [-0.3, -0.25) is 9.78 Å². The number of anilines is 1. The minimum absolute atomic E-state index is 0.161. The van der Waals surface area contributed by atoms with Gasteiger partial charge in [0.2, 0.25) is 5.91 Å². The Morgan fingerprint density at radius 3 is 2.72 bits per heavy atom. The van der Waals surface area contributed by atoms with Crippen molar-refractivity contribution in [2.24, 2.45) is 0 Å². The van der Waals surface area contributed by atoms with E-state index in [0.29, 0.717) is 6.54 Å². The van der Waals surface area contributed by atoms with Crippen LogP contribution in [0.25, 0.3) is 0 Å². The molecule has 2 rings (SSSR count). The van der Waals surface area contributed by atoms with Crippen LogP contribution in [-0.4, -0.2) is 49.5 Å². The van der Waals surface area contributed by atoms with E-state index in [1.54, 1.807) is 4.90 Å². The predicted octanol–water partition coefficient (Wildman–Crippen LogP) is 0.640. The molecule has 0 aliphatic carbocycles. The Balaban J connectivity index is 2.08. The molecule has 1 aromatic heterocycles. The third-order valence-corrected chi connectivity index (χ3v) is 3.47. The maximum atomic E-state index is 11.7. The minimum Gasteiger partial charge on any atom is -0.359 e. The van der Waals surface area contributed by atoms with Crippen molar-refractivity contribution in [1.82, 2.24) is 15.2 Å². The molecule has 1 aliphatic rings. The lowest BCUT2D eigenvalue weighted by atomic mass is 10.2. The molecule has 0 aromatic carbocycles. The molecule has 1 fully saturated rings. The van der Waals surface area contributed by atoms with Crippen molar-refractivity contribution in [2.75, 3.05) is 38.6 Å². The third kappa shape index (κ3) is 2.61. The SMILES string of the molecule is CNC(C)c1ccc(N2CCN(C)C(=O)C2)cn1. The van der Waals surface area contributed by atoms with E-state index >= 15 is 0 Å². The second-order valence-electron chi connectivity index (χ2n) is 4.69. The zero-order valence-electron chi connectivity index (χ0n) is 11.2. The van der Waals surface area contributed by atoms with Gasteiger partial charge in [0.25, 0.3) is 0 Å². The Labute approximate surface area is 108 Å². The Morgan fingerprint density at radius 1 is 1.39 bits per heavy atom. The molecule has 0 radical (unpaired) electrons. The van der Waals surface area contributed by atoms with E-state index in [-0.39, 0.29) is 11.9 Å². The highest BCUT2D eigenvalue weighted by Gasteiger charge is 2.21. The monoisotopic (exact) mass is 248 g/mol. The lowest BCUT2D eigenvalue weighted by Crippen LogP contribution is -2.48. The summed E-state index contributed by atoms with van der Waals surface area (Å²) in [5.41, 5.74) is 2.03. The Kier molecular flexibility index (Phi) is 3.81. The molecule has 5 nitrogen and oxygen atoms in total. The molecule has 98 valence electrons. The standard InChI is InChI=1S/C13H20N4O/c1-10(14-2)12-5-4-11(8-15-12)17-7-6-16(3)13(18)9-17/h4-5,8,10,14H,6-7,9H2,1-3H3. The summed E-state index contributed by atoms with van der Waals surface area (Å²) in [7, 11) is 3.76. The van der Waals surface area contributed by atoms with Crippen molar-refractivity contribution in [3.05, 3.63) is 24.0 Å². The fourth-order valence-electron chi connectivity index (χ4n) is 1.97. The molecule has 18 heavy (non-hydrogen) atoms. The third-order valence-electron chi connectivity index (χ3n) is 3.47. The summed E-state index contributed by atoms with van der Waals surface area (Å²) in [4.78, 5) is 19.9. The van der Waals surface area contributed by atoms with Gasteiger partial charge in [-0.2, -0.15) is 0 Å². The van der Waals surface area contributed by atoms with Crippen molar-refractivity contribution >= 4 is 11.6 Å². The van der Waals surface area contributed by atoms with E-state index < -0.39 is 0 Å². The average molecular weight is 248 g/mol. The first-order valence-electron chi connectivity index (χ1n) is 6.24. The summed E-state index contributed by atoms with van der Waals surface area (Å²) in [5.74, 6) is 0.161. The van der Waals surface area contributed by atoms with Gasteiger partial charge >= 0.3 is 0 Å². The number of pyridine rings is 1. The van der Waals surface area contributed by atoms with Crippen LogP contribution in [0.2, 0.25) is 0 Å². The lowest BCUT2D eigenvalue weighted by Gasteiger charge is -2.33. The van der Waals surface area contributed by atoms with Gasteiger partial charge in [0.05, 0.1) is 24.1 Å². The van der Waals surface area contributed by atoms with Crippen LogP contribution in [0, 0.1) is 0 Å². The summed E-state index contributed by atoms with van der Waals surface area (Å²) < 4.78 is 0. The number of hydrogen-bond acceptors (Lipinski definition) is 4. The van der Waals surface area contributed by atoms with Crippen LogP contribution < -0.4 is 10.2 Å². The van der Waals surface area contributed by atoms with Crippen molar-refractivity contribution in [3.8, 4) is 0 Å². The summed E-state index contributed by atoms with van der Waals surface area (Å²) >= 11 is 0. The topological polar surface area (TPSA) is 48.5 Å². The molecule has 1 unspecified atom stereocenters. The fourth-order valence-corrected chi connectivity index (χ4v) is 1.97. The van der Waals surface area contributed by atoms with Crippen LogP contribution in [-0.2, 0) is 4.79 Å². The van der Waals surface area contributed by atoms with E-state index in [9.17, 15) is 4.79 Å². The van der Waals surface area contributed by atoms with Crippen LogP contribution >= 0.6 is 0 Å². The quantitative estimate of drug-likeness (QED) is 0.853. The smallest absolute Gasteiger partial charge is 0.241 e. The minimum atomic E-state index is 0.161. The number of carbonyl (C=O) groups is 1. The molecule has 5 heteroatoms. The summed E-state index contributed by atoms with van der Waals surface area (Å²) in [6, 6.07) is 4.29. The van der Waals surface area contributed by atoms with E-state index in [1.807, 2.05) is 32.4 Å². The van der Waals surface area contributed by atoms with Gasteiger partial charge in [-0.25, -0.2) is 0 Å². The zero-order chi connectivity index (χ0) is 13.1. The van der Waals surface area contributed by atoms with Gasteiger partial charge in [0, 0.05) is 26.2 Å². The van der Waals surface area contributed by atoms with Crippen LogP contribution in [0.5, 0.6) is 0 Å². The molecule has 0 bridgehead atoms. The van der Waals surface area contributed by atoms with Gasteiger partial charge in [-0.1, -0.05) is 0 Å². The van der Waals surface area contributed by atoms with Crippen molar-refractivity contribution < 1.29 is 4.79 Å². The number of carbonyl (C=O) groups excluding carboxylic acids is 1. The van der Waals surface area contributed by atoms with Gasteiger partial charge < -0.3 is 15.1 Å². The van der Waals surface area contributed by atoms with Gasteiger partial charge in [0.1, 0.15) is 0 Å². The number of amides is 1. The molecular formula is C13H20N4O. The number of rotatable bonds is 3. The molecule has 1 saturated heterocycles. The molecule has 1 atom stereocenters. The first-order chi connectivity index (χ1) is 8.61. The maximum Gasteiger partial charge on any atom is 0.241 e. The lowest BCUT2D eigenvalue weighted by molar-refractivity contribution is -0.129. The van der Waals surface area contributed by atoms with E-state index in [2.05, 4.69) is 22.1 Å². The van der Waals surface area contributed by atoms with Gasteiger partial charge in [-0.05, 0) is 26.1 Å². The highest BCUT2D eigenvalue weighted by Crippen LogP contribution is 2.17. The second-order valence-corrected chi connectivity index (χ2v) is 4.69. The van der Waals surface area contributed by atoms with Crippen molar-refractivity contribution in [3.63, 3.8) is 0 Å². The number of likely N-dealkylation sites (N-methyl/N-ethyl adjacent to an activating group) is 1.